The number of hydrogen-bond donors (Lipinski definition) is 2. The zero-order chi connectivity index (χ0) is 15.6. The summed E-state index contributed by atoms with van der Waals surface area (Å²) in [6, 6.07) is 6.45. The lowest BCUT2D eigenvalue weighted by Gasteiger charge is -2.29. The van der Waals surface area contributed by atoms with Gasteiger partial charge in [-0.15, -0.1) is 0 Å². The van der Waals surface area contributed by atoms with E-state index < -0.39 is 5.41 Å². The van der Waals surface area contributed by atoms with Crippen LogP contribution in [0, 0.1) is 11.7 Å². The van der Waals surface area contributed by atoms with Gasteiger partial charge in [-0.05, 0) is 43.4 Å². The average molecular weight is 305 g/mol. The molecule has 1 amide bonds. The molecular formula is C18H24FNO2. The Morgan fingerprint density at radius 3 is 2.68 bits per heavy atom. The Kier molecular flexibility index (Phi) is 4.48. The van der Waals surface area contributed by atoms with Crippen molar-refractivity contribution in [2.45, 2.75) is 56.5 Å². The number of benzene rings is 1. The Morgan fingerprint density at radius 1 is 1.27 bits per heavy atom. The molecule has 0 unspecified atom stereocenters. The molecule has 2 aliphatic rings. The molecule has 4 heteroatoms. The standard InChI is InChI=1S/C18H24FNO2/c19-15-7-4-6-14(11-15)18(9-1-2-10-18)17(22)20-12-13-5-3-8-16(13)21/h4,6-7,11,13,16,21H,1-3,5,8-10,12H2,(H,20,22)/t13-,16+/m1/s1. The molecule has 0 saturated heterocycles. The molecule has 1 aromatic rings. The molecule has 1 aromatic carbocycles. The predicted molar refractivity (Wildman–Crippen MR) is 82.9 cm³/mol. The maximum absolute atomic E-state index is 13.6. The number of carbonyl (C=O) groups is 1. The van der Waals surface area contributed by atoms with E-state index in [4.69, 9.17) is 0 Å². The quantitative estimate of drug-likeness (QED) is 0.898. The monoisotopic (exact) mass is 305 g/mol. The van der Waals surface area contributed by atoms with E-state index in [0.717, 1.165) is 50.5 Å². The Labute approximate surface area is 130 Å². The summed E-state index contributed by atoms with van der Waals surface area (Å²) >= 11 is 0. The van der Waals surface area contributed by atoms with Crippen LogP contribution in [-0.4, -0.2) is 23.7 Å². The molecule has 0 aromatic heterocycles. The van der Waals surface area contributed by atoms with Gasteiger partial charge in [0.25, 0.3) is 0 Å². The van der Waals surface area contributed by atoms with Gasteiger partial charge in [0, 0.05) is 12.5 Å². The first-order chi connectivity index (χ1) is 10.6. The van der Waals surface area contributed by atoms with Gasteiger partial charge in [0.05, 0.1) is 11.5 Å². The van der Waals surface area contributed by atoms with Crippen molar-refractivity contribution >= 4 is 5.91 Å². The van der Waals surface area contributed by atoms with Crippen LogP contribution < -0.4 is 5.32 Å². The summed E-state index contributed by atoms with van der Waals surface area (Å²) in [5.41, 5.74) is 0.195. The third kappa shape index (κ3) is 2.89. The zero-order valence-corrected chi connectivity index (χ0v) is 12.9. The maximum Gasteiger partial charge on any atom is 0.230 e. The summed E-state index contributed by atoms with van der Waals surface area (Å²) < 4.78 is 13.6. The first kappa shape index (κ1) is 15.5. The molecule has 2 N–H and O–H groups in total. The van der Waals surface area contributed by atoms with Crippen molar-refractivity contribution in [1.29, 1.82) is 0 Å². The second-order valence-corrected chi connectivity index (χ2v) is 6.77. The summed E-state index contributed by atoms with van der Waals surface area (Å²) in [5.74, 6) is -0.132. The maximum atomic E-state index is 13.6. The van der Waals surface area contributed by atoms with Crippen LogP contribution in [0.25, 0.3) is 0 Å². The van der Waals surface area contributed by atoms with E-state index in [2.05, 4.69) is 5.32 Å². The highest BCUT2D eigenvalue weighted by atomic mass is 19.1. The van der Waals surface area contributed by atoms with E-state index in [0.29, 0.717) is 6.54 Å². The minimum absolute atomic E-state index is 0.00491. The molecule has 2 saturated carbocycles. The molecule has 0 radical (unpaired) electrons. The smallest absolute Gasteiger partial charge is 0.230 e. The molecule has 22 heavy (non-hydrogen) atoms. The first-order valence-electron chi connectivity index (χ1n) is 8.34. The number of rotatable bonds is 4. The van der Waals surface area contributed by atoms with Crippen LogP contribution in [0.5, 0.6) is 0 Å². The molecular weight excluding hydrogens is 281 g/mol. The fourth-order valence-corrected chi connectivity index (χ4v) is 4.06. The summed E-state index contributed by atoms with van der Waals surface area (Å²) in [5, 5.41) is 12.9. The molecule has 0 aliphatic heterocycles. The van der Waals surface area contributed by atoms with Gasteiger partial charge in [0.15, 0.2) is 0 Å². The van der Waals surface area contributed by atoms with E-state index in [-0.39, 0.29) is 23.7 Å². The second kappa shape index (κ2) is 6.37. The number of halogens is 1. The summed E-state index contributed by atoms with van der Waals surface area (Å²) in [4.78, 5) is 12.8. The lowest BCUT2D eigenvalue weighted by atomic mass is 9.78. The Morgan fingerprint density at radius 2 is 2.05 bits per heavy atom. The van der Waals surface area contributed by atoms with Gasteiger partial charge in [-0.1, -0.05) is 31.4 Å². The average Bonchev–Trinajstić information content (AvgIpc) is 3.15. The lowest BCUT2D eigenvalue weighted by Crippen LogP contribution is -2.45. The number of carbonyl (C=O) groups excluding carboxylic acids is 1. The van der Waals surface area contributed by atoms with Crippen LogP contribution >= 0.6 is 0 Å². The van der Waals surface area contributed by atoms with E-state index in [9.17, 15) is 14.3 Å². The van der Waals surface area contributed by atoms with E-state index in [1.807, 2.05) is 6.07 Å². The molecule has 2 atom stereocenters. The summed E-state index contributed by atoms with van der Waals surface area (Å²) in [6.07, 6.45) is 6.06. The Bertz CT molecular complexity index is 540. The van der Waals surface area contributed by atoms with E-state index >= 15 is 0 Å². The van der Waals surface area contributed by atoms with Crippen LogP contribution in [0.3, 0.4) is 0 Å². The van der Waals surface area contributed by atoms with Crippen molar-refractivity contribution in [2.24, 2.45) is 5.92 Å². The van der Waals surface area contributed by atoms with Gasteiger partial charge >= 0.3 is 0 Å². The fraction of sp³-hybridized carbons (Fsp3) is 0.611. The first-order valence-corrected chi connectivity index (χ1v) is 8.34. The molecule has 120 valence electrons. The zero-order valence-electron chi connectivity index (χ0n) is 12.9. The predicted octanol–water partition coefficient (Wildman–Crippen LogP) is 2.91. The van der Waals surface area contributed by atoms with Gasteiger partial charge in [-0.2, -0.15) is 0 Å². The van der Waals surface area contributed by atoms with Crippen molar-refractivity contribution in [2.75, 3.05) is 6.54 Å². The molecule has 0 bridgehead atoms. The Balaban J connectivity index is 1.74. The van der Waals surface area contributed by atoms with E-state index in [1.165, 1.54) is 12.1 Å². The van der Waals surface area contributed by atoms with Gasteiger partial charge < -0.3 is 10.4 Å². The summed E-state index contributed by atoms with van der Waals surface area (Å²) in [6.45, 7) is 0.525. The van der Waals surface area contributed by atoms with E-state index in [1.54, 1.807) is 6.07 Å². The highest BCUT2D eigenvalue weighted by Gasteiger charge is 2.43. The second-order valence-electron chi connectivity index (χ2n) is 6.77. The van der Waals surface area contributed by atoms with Crippen molar-refractivity contribution < 1.29 is 14.3 Å². The van der Waals surface area contributed by atoms with Crippen molar-refractivity contribution in [3.8, 4) is 0 Å². The molecule has 0 heterocycles. The molecule has 0 spiro atoms. The van der Waals surface area contributed by atoms with Gasteiger partial charge in [-0.3, -0.25) is 4.79 Å². The largest absolute Gasteiger partial charge is 0.393 e. The van der Waals surface area contributed by atoms with Gasteiger partial charge in [0.1, 0.15) is 5.82 Å². The number of aliphatic hydroxyl groups is 1. The minimum Gasteiger partial charge on any atom is -0.393 e. The SMILES string of the molecule is O=C(NC[C@H]1CCC[C@@H]1O)C1(c2cccc(F)c2)CCCC1. The van der Waals surface area contributed by atoms with Gasteiger partial charge in [-0.25, -0.2) is 4.39 Å². The lowest BCUT2D eigenvalue weighted by molar-refractivity contribution is -0.127. The molecule has 2 aliphatic carbocycles. The van der Waals surface area contributed by atoms with Crippen LogP contribution in [0.1, 0.15) is 50.5 Å². The molecule has 3 nitrogen and oxygen atoms in total. The van der Waals surface area contributed by atoms with Crippen molar-refractivity contribution in [3.05, 3.63) is 35.6 Å². The number of hydrogen-bond acceptors (Lipinski definition) is 2. The highest BCUT2D eigenvalue weighted by molar-refractivity contribution is 5.88. The van der Waals surface area contributed by atoms with Crippen LogP contribution in [0.15, 0.2) is 24.3 Å². The number of aliphatic hydroxyl groups excluding tert-OH is 1. The normalized spacial score (nSPS) is 27.0. The number of amides is 1. The third-order valence-corrected chi connectivity index (χ3v) is 5.41. The number of nitrogens with one attached hydrogen (secondary N) is 1. The fourth-order valence-electron chi connectivity index (χ4n) is 4.06. The molecule has 2 fully saturated rings. The third-order valence-electron chi connectivity index (χ3n) is 5.41. The molecule has 3 rings (SSSR count). The summed E-state index contributed by atoms with van der Waals surface area (Å²) in [7, 11) is 0. The topological polar surface area (TPSA) is 49.3 Å². The van der Waals surface area contributed by atoms with Gasteiger partial charge in [0.2, 0.25) is 5.91 Å². The Hall–Kier alpha value is -1.42. The highest BCUT2D eigenvalue weighted by Crippen LogP contribution is 2.41. The van der Waals surface area contributed by atoms with Crippen LogP contribution in [0.2, 0.25) is 0 Å². The van der Waals surface area contributed by atoms with Crippen LogP contribution in [-0.2, 0) is 10.2 Å². The van der Waals surface area contributed by atoms with Crippen molar-refractivity contribution in [1.82, 2.24) is 5.32 Å². The van der Waals surface area contributed by atoms with Crippen LogP contribution in [0.4, 0.5) is 4.39 Å². The van der Waals surface area contributed by atoms with Crippen molar-refractivity contribution in [3.63, 3.8) is 0 Å². The minimum atomic E-state index is -0.592.